The molecule has 1 amide bonds. The minimum atomic E-state index is -1.14. The Bertz CT molecular complexity index is 715. The number of rotatable bonds is 7. The summed E-state index contributed by atoms with van der Waals surface area (Å²) in [6, 6.07) is 12.7. The van der Waals surface area contributed by atoms with Crippen molar-refractivity contribution in [1.29, 1.82) is 0 Å². The van der Waals surface area contributed by atoms with Crippen LogP contribution in [0.4, 0.5) is 10.5 Å². The Morgan fingerprint density at radius 2 is 1.72 bits per heavy atom. The number of amides is 1. The molecule has 25 heavy (non-hydrogen) atoms. The van der Waals surface area contributed by atoms with Gasteiger partial charge in [0, 0.05) is 0 Å². The summed E-state index contributed by atoms with van der Waals surface area (Å²) in [5.74, 6) is -0.419. The molecule has 3 N–H and O–H groups in total. The predicted octanol–water partition coefficient (Wildman–Crippen LogP) is 2.13. The summed E-state index contributed by atoms with van der Waals surface area (Å²) in [6.07, 6.45) is -0.801. The minimum absolute atomic E-state index is 0.0202. The van der Waals surface area contributed by atoms with Crippen molar-refractivity contribution in [2.24, 2.45) is 0 Å². The molecule has 8 nitrogen and oxygen atoms in total. The number of hydrazine groups is 1. The van der Waals surface area contributed by atoms with Gasteiger partial charge < -0.3 is 19.7 Å². The van der Waals surface area contributed by atoms with E-state index in [0.29, 0.717) is 11.4 Å². The van der Waals surface area contributed by atoms with Gasteiger partial charge in [-0.25, -0.2) is 10.2 Å². The molecule has 0 spiro atoms. The van der Waals surface area contributed by atoms with Crippen LogP contribution in [0.15, 0.2) is 48.5 Å². The van der Waals surface area contributed by atoms with Gasteiger partial charge in [0.25, 0.3) is 0 Å². The van der Waals surface area contributed by atoms with Crippen LogP contribution < -0.4 is 15.2 Å². The van der Waals surface area contributed by atoms with Crippen LogP contribution in [0.25, 0.3) is 0 Å². The van der Waals surface area contributed by atoms with Gasteiger partial charge in [0.1, 0.15) is 24.7 Å². The number of carbonyl (C=O) groups is 2. The molecule has 0 saturated carbocycles. The summed E-state index contributed by atoms with van der Waals surface area (Å²) < 4.78 is 10.1. The van der Waals surface area contributed by atoms with E-state index < -0.39 is 18.6 Å². The lowest BCUT2D eigenvalue weighted by Crippen LogP contribution is -2.45. The van der Waals surface area contributed by atoms with Gasteiger partial charge in [-0.3, -0.25) is 9.80 Å². The number of phenols is 1. The first kappa shape index (κ1) is 17.9. The van der Waals surface area contributed by atoms with Gasteiger partial charge in [0.2, 0.25) is 0 Å². The topological polar surface area (TPSA) is 108 Å². The SMILES string of the molecule is COc1ccc(COC(=O)NN(CC(=O)O)c2ccc(O)cc2)cc1. The number of hydrogen-bond donors (Lipinski definition) is 3. The zero-order chi connectivity index (χ0) is 18.2. The first-order valence-electron chi connectivity index (χ1n) is 7.32. The number of nitrogens with zero attached hydrogens (tertiary/aromatic N) is 1. The number of carboxylic acids is 1. The van der Waals surface area contributed by atoms with Crippen molar-refractivity contribution in [3.63, 3.8) is 0 Å². The quantitative estimate of drug-likeness (QED) is 0.659. The summed E-state index contributed by atoms with van der Waals surface area (Å²) in [5, 5.41) is 19.4. The van der Waals surface area contributed by atoms with Crippen molar-refractivity contribution < 1.29 is 29.3 Å². The first-order valence-corrected chi connectivity index (χ1v) is 7.32. The Balaban J connectivity index is 1.96. The molecule has 0 radical (unpaired) electrons. The lowest BCUT2D eigenvalue weighted by Gasteiger charge is -2.23. The normalized spacial score (nSPS) is 9.96. The number of carbonyl (C=O) groups excluding carboxylic acids is 1. The molecule has 0 aliphatic heterocycles. The largest absolute Gasteiger partial charge is 0.508 e. The van der Waals surface area contributed by atoms with Crippen molar-refractivity contribution in [3.05, 3.63) is 54.1 Å². The third kappa shape index (κ3) is 5.61. The van der Waals surface area contributed by atoms with E-state index in [1.807, 2.05) is 0 Å². The van der Waals surface area contributed by atoms with Crippen LogP contribution in [-0.4, -0.2) is 35.9 Å². The second-order valence-electron chi connectivity index (χ2n) is 5.03. The Kier molecular flexibility index (Phi) is 6.05. The molecule has 0 fully saturated rings. The number of nitrogens with one attached hydrogen (secondary N) is 1. The number of benzene rings is 2. The molecule has 132 valence electrons. The van der Waals surface area contributed by atoms with Gasteiger partial charge in [-0.15, -0.1) is 0 Å². The van der Waals surface area contributed by atoms with Crippen molar-refractivity contribution in [3.8, 4) is 11.5 Å². The van der Waals surface area contributed by atoms with E-state index in [1.54, 1.807) is 31.4 Å². The summed E-state index contributed by atoms with van der Waals surface area (Å²) in [7, 11) is 1.55. The highest BCUT2D eigenvalue weighted by molar-refractivity contribution is 5.77. The van der Waals surface area contributed by atoms with Crippen LogP contribution in [-0.2, 0) is 16.1 Å². The van der Waals surface area contributed by atoms with E-state index >= 15 is 0 Å². The fourth-order valence-corrected chi connectivity index (χ4v) is 1.98. The van der Waals surface area contributed by atoms with Gasteiger partial charge >= 0.3 is 12.1 Å². The maximum atomic E-state index is 11.9. The smallest absolute Gasteiger partial charge is 0.426 e. The van der Waals surface area contributed by atoms with E-state index in [0.717, 1.165) is 10.6 Å². The molecular weight excluding hydrogens is 328 g/mol. The molecule has 0 aromatic heterocycles. The molecule has 2 aromatic rings. The highest BCUT2D eigenvalue weighted by Crippen LogP contribution is 2.17. The van der Waals surface area contributed by atoms with E-state index in [1.165, 1.54) is 24.3 Å². The lowest BCUT2D eigenvalue weighted by molar-refractivity contribution is -0.135. The summed E-state index contributed by atoms with van der Waals surface area (Å²) in [4.78, 5) is 22.9. The molecule has 8 heteroatoms. The summed E-state index contributed by atoms with van der Waals surface area (Å²) in [5.41, 5.74) is 3.51. The van der Waals surface area contributed by atoms with Crippen LogP contribution in [0.3, 0.4) is 0 Å². The molecule has 0 saturated heterocycles. The fraction of sp³-hybridized carbons (Fsp3) is 0.176. The van der Waals surface area contributed by atoms with E-state index in [9.17, 15) is 14.7 Å². The van der Waals surface area contributed by atoms with E-state index in [4.69, 9.17) is 14.6 Å². The van der Waals surface area contributed by atoms with Gasteiger partial charge in [0.05, 0.1) is 12.8 Å². The number of carboxylic acid groups (broad SMARTS) is 1. The van der Waals surface area contributed by atoms with Crippen LogP contribution in [0.1, 0.15) is 5.56 Å². The first-order chi connectivity index (χ1) is 12.0. The summed E-state index contributed by atoms with van der Waals surface area (Å²) >= 11 is 0. The van der Waals surface area contributed by atoms with Crippen LogP contribution >= 0.6 is 0 Å². The number of hydrogen-bond acceptors (Lipinski definition) is 6. The third-order valence-corrected chi connectivity index (χ3v) is 3.21. The molecule has 0 aliphatic rings. The minimum Gasteiger partial charge on any atom is -0.508 e. The Morgan fingerprint density at radius 1 is 1.08 bits per heavy atom. The number of phenolic OH excluding ortho intramolecular Hbond substituents is 1. The number of aliphatic carboxylic acids is 1. The van der Waals surface area contributed by atoms with Gasteiger partial charge in [-0.1, -0.05) is 12.1 Å². The highest BCUT2D eigenvalue weighted by Gasteiger charge is 2.15. The summed E-state index contributed by atoms with van der Waals surface area (Å²) in [6.45, 7) is -0.450. The van der Waals surface area contributed by atoms with Gasteiger partial charge in [-0.2, -0.15) is 0 Å². The number of anilines is 1. The number of aromatic hydroxyl groups is 1. The maximum Gasteiger partial charge on any atom is 0.426 e. The monoisotopic (exact) mass is 346 g/mol. The van der Waals surface area contributed by atoms with Crippen molar-refractivity contribution in [2.75, 3.05) is 18.7 Å². The zero-order valence-corrected chi connectivity index (χ0v) is 13.5. The van der Waals surface area contributed by atoms with E-state index in [-0.39, 0.29) is 12.4 Å². The second-order valence-corrected chi connectivity index (χ2v) is 5.03. The molecule has 0 atom stereocenters. The number of methoxy groups -OCH3 is 1. The molecule has 2 rings (SSSR count). The standard InChI is InChI=1S/C17H18N2O6/c1-24-15-8-2-12(3-9-15)11-25-17(23)18-19(10-16(21)22)13-4-6-14(20)7-5-13/h2-9,20H,10-11H2,1H3,(H,18,23)(H,21,22). The molecule has 0 heterocycles. The maximum absolute atomic E-state index is 11.9. The Morgan fingerprint density at radius 3 is 2.28 bits per heavy atom. The van der Waals surface area contributed by atoms with Gasteiger partial charge in [-0.05, 0) is 42.0 Å². The van der Waals surface area contributed by atoms with Crippen molar-refractivity contribution in [1.82, 2.24) is 5.43 Å². The van der Waals surface area contributed by atoms with Crippen LogP contribution in [0.5, 0.6) is 11.5 Å². The molecule has 0 bridgehead atoms. The van der Waals surface area contributed by atoms with Crippen molar-refractivity contribution in [2.45, 2.75) is 6.61 Å². The molecule has 2 aromatic carbocycles. The highest BCUT2D eigenvalue weighted by atomic mass is 16.6. The van der Waals surface area contributed by atoms with Crippen LogP contribution in [0.2, 0.25) is 0 Å². The predicted molar refractivity (Wildman–Crippen MR) is 89.4 cm³/mol. The van der Waals surface area contributed by atoms with E-state index in [2.05, 4.69) is 5.43 Å². The number of ether oxygens (including phenoxy) is 2. The lowest BCUT2D eigenvalue weighted by atomic mass is 10.2. The molecule has 0 unspecified atom stereocenters. The zero-order valence-electron chi connectivity index (χ0n) is 13.5. The Hall–Kier alpha value is -3.42. The molecule has 0 aliphatic carbocycles. The fourth-order valence-electron chi connectivity index (χ4n) is 1.98. The average molecular weight is 346 g/mol. The van der Waals surface area contributed by atoms with Crippen molar-refractivity contribution >= 4 is 17.7 Å². The molecular formula is C17H18N2O6. The van der Waals surface area contributed by atoms with Crippen LogP contribution in [0, 0.1) is 0 Å². The average Bonchev–Trinajstić information content (AvgIpc) is 2.60. The van der Waals surface area contributed by atoms with Gasteiger partial charge in [0.15, 0.2) is 0 Å². The third-order valence-electron chi connectivity index (χ3n) is 3.21. The Labute approximate surface area is 144 Å². The second kappa shape index (κ2) is 8.44.